The summed E-state index contributed by atoms with van der Waals surface area (Å²) in [5, 5.41) is 3.93. The van der Waals surface area contributed by atoms with Gasteiger partial charge in [-0.2, -0.15) is 18.3 Å². The van der Waals surface area contributed by atoms with Crippen LogP contribution in [0.1, 0.15) is 32.3 Å². The van der Waals surface area contributed by atoms with Gasteiger partial charge in [-0.25, -0.2) is 0 Å². The summed E-state index contributed by atoms with van der Waals surface area (Å²) in [5.41, 5.74) is 4.94. The molecule has 1 atom stereocenters. The summed E-state index contributed by atoms with van der Waals surface area (Å²) in [5.74, 6) is -1.64. The van der Waals surface area contributed by atoms with Crippen LogP contribution in [0, 0.1) is 0 Å². The number of hydrogen-bond donors (Lipinski definition) is 1. The van der Waals surface area contributed by atoms with Gasteiger partial charge in [-0.05, 0) is 20.8 Å². The van der Waals surface area contributed by atoms with Gasteiger partial charge in [-0.1, -0.05) is 0 Å². The molecule has 1 aromatic rings. The summed E-state index contributed by atoms with van der Waals surface area (Å²) in [6.07, 6.45) is -1.68. The SMILES string of the molecule is CC(C)(C)n1cc(C(CN)C(F)(F)F)cn1. The van der Waals surface area contributed by atoms with Gasteiger partial charge in [0.05, 0.1) is 17.7 Å². The van der Waals surface area contributed by atoms with Crippen LogP contribution >= 0.6 is 0 Å². The van der Waals surface area contributed by atoms with Crippen molar-refractivity contribution in [3.05, 3.63) is 18.0 Å². The molecule has 0 saturated heterocycles. The van der Waals surface area contributed by atoms with Crippen LogP contribution in [0.4, 0.5) is 13.2 Å². The van der Waals surface area contributed by atoms with Crippen molar-refractivity contribution in [3.8, 4) is 0 Å². The number of nitrogens with zero attached hydrogens (tertiary/aromatic N) is 2. The van der Waals surface area contributed by atoms with E-state index >= 15 is 0 Å². The van der Waals surface area contributed by atoms with Gasteiger partial charge >= 0.3 is 6.18 Å². The lowest BCUT2D eigenvalue weighted by Crippen LogP contribution is -2.28. The van der Waals surface area contributed by atoms with Crippen molar-refractivity contribution >= 4 is 0 Å². The molecule has 0 amide bonds. The Bertz CT molecular complexity index is 349. The Morgan fingerprint density at radius 2 is 1.94 bits per heavy atom. The molecule has 0 aliphatic heterocycles. The minimum Gasteiger partial charge on any atom is -0.330 e. The second-order valence-corrected chi connectivity index (χ2v) is 4.72. The van der Waals surface area contributed by atoms with E-state index < -0.39 is 18.6 Å². The molecule has 1 unspecified atom stereocenters. The van der Waals surface area contributed by atoms with Crippen molar-refractivity contribution in [1.29, 1.82) is 0 Å². The van der Waals surface area contributed by atoms with Gasteiger partial charge in [0.25, 0.3) is 0 Å². The van der Waals surface area contributed by atoms with Gasteiger partial charge < -0.3 is 5.73 Å². The molecule has 0 fully saturated rings. The zero-order valence-electron chi connectivity index (χ0n) is 9.54. The zero-order chi connectivity index (χ0) is 12.6. The maximum atomic E-state index is 12.6. The lowest BCUT2D eigenvalue weighted by atomic mass is 10.0. The molecule has 0 spiro atoms. The number of alkyl halides is 3. The minimum absolute atomic E-state index is 0.116. The molecule has 1 heterocycles. The predicted octanol–water partition coefficient (Wildman–Crippen LogP) is 2.24. The third-order valence-electron chi connectivity index (χ3n) is 2.32. The Hall–Kier alpha value is -1.04. The highest BCUT2D eigenvalue weighted by Gasteiger charge is 2.40. The quantitative estimate of drug-likeness (QED) is 0.854. The first-order valence-electron chi connectivity index (χ1n) is 4.98. The normalized spacial score (nSPS) is 15.2. The van der Waals surface area contributed by atoms with Crippen molar-refractivity contribution in [1.82, 2.24) is 9.78 Å². The molecular weight excluding hydrogens is 219 g/mol. The molecule has 0 radical (unpaired) electrons. The molecule has 0 bridgehead atoms. The van der Waals surface area contributed by atoms with E-state index in [1.165, 1.54) is 17.1 Å². The van der Waals surface area contributed by atoms with Crippen molar-refractivity contribution in [2.75, 3.05) is 6.54 Å². The van der Waals surface area contributed by atoms with Gasteiger partial charge in [0.15, 0.2) is 0 Å². The fraction of sp³-hybridized carbons (Fsp3) is 0.700. The average molecular weight is 235 g/mol. The maximum Gasteiger partial charge on any atom is 0.397 e. The summed E-state index contributed by atoms with van der Waals surface area (Å²) in [6, 6.07) is 0. The van der Waals surface area contributed by atoms with Crippen LogP contribution < -0.4 is 5.73 Å². The zero-order valence-corrected chi connectivity index (χ0v) is 9.54. The first-order chi connectivity index (χ1) is 7.16. The molecule has 0 aliphatic rings. The van der Waals surface area contributed by atoms with E-state index in [2.05, 4.69) is 5.10 Å². The highest BCUT2D eigenvalue weighted by atomic mass is 19.4. The van der Waals surface area contributed by atoms with Crippen LogP contribution in [0.3, 0.4) is 0 Å². The summed E-state index contributed by atoms with van der Waals surface area (Å²) in [6.45, 7) is 5.15. The predicted molar refractivity (Wildman–Crippen MR) is 55.1 cm³/mol. The van der Waals surface area contributed by atoms with Crippen molar-refractivity contribution in [3.63, 3.8) is 0 Å². The number of nitrogens with two attached hydrogens (primary N) is 1. The van der Waals surface area contributed by atoms with Crippen molar-refractivity contribution < 1.29 is 13.2 Å². The van der Waals surface area contributed by atoms with E-state index in [-0.39, 0.29) is 11.1 Å². The van der Waals surface area contributed by atoms with Gasteiger partial charge in [0.2, 0.25) is 0 Å². The molecular formula is C10H16F3N3. The fourth-order valence-electron chi connectivity index (χ4n) is 1.34. The Morgan fingerprint density at radius 3 is 2.25 bits per heavy atom. The Labute approximate surface area is 92.4 Å². The van der Waals surface area contributed by atoms with Gasteiger partial charge in [0.1, 0.15) is 0 Å². The third-order valence-corrected chi connectivity index (χ3v) is 2.32. The molecule has 1 rings (SSSR count). The topological polar surface area (TPSA) is 43.8 Å². The second-order valence-electron chi connectivity index (χ2n) is 4.72. The monoisotopic (exact) mass is 235 g/mol. The minimum atomic E-state index is -4.32. The van der Waals surface area contributed by atoms with Crippen molar-refractivity contribution in [2.24, 2.45) is 5.73 Å². The lowest BCUT2D eigenvalue weighted by molar-refractivity contribution is -0.148. The molecule has 92 valence electrons. The van der Waals surface area contributed by atoms with E-state index in [0.717, 1.165) is 0 Å². The Morgan fingerprint density at radius 1 is 1.38 bits per heavy atom. The maximum absolute atomic E-state index is 12.6. The third kappa shape index (κ3) is 2.75. The lowest BCUT2D eigenvalue weighted by Gasteiger charge is -2.20. The number of aromatic nitrogens is 2. The second kappa shape index (κ2) is 4.08. The average Bonchev–Trinajstić information content (AvgIpc) is 2.50. The summed E-state index contributed by atoms with van der Waals surface area (Å²) in [7, 11) is 0. The summed E-state index contributed by atoms with van der Waals surface area (Å²) < 4.78 is 39.3. The van der Waals surface area contributed by atoms with Crippen molar-refractivity contribution in [2.45, 2.75) is 38.4 Å². The van der Waals surface area contributed by atoms with Crippen LogP contribution in [0.15, 0.2) is 12.4 Å². The standard InChI is InChI=1S/C10H16F3N3/c1-9(2,3)16-6-7(5-15-16)8(4-14)10(11,12)13/h5-6,8H,4,14H2,1-3H3. The molecule has 3 nitrogen and oxygen atoms in total. The first-order valence-corrected chi connectivity index (χ1v) is 4.98. The number of hydrogen-bond acceptors (Lipinski definition) is 2. The van der Waals surface area contributed by atoms with Crippen LogP contribution in [-0.4, -0.2) is 22.5 Å². The molecule has 16 heavy (non-hydrogen) atoms. The van der Waals surface area contributed by atoms with E-state index in [9.17, 15) is 13.2 Å². The van der Waals surface area contributed by atoms with Gasteiger partial charge in [-0.3, -0.25) is 4.68 Å². The molecule has 0 aliphatic carbocycles. The van der Waals surface area contributed by atoms with E-state index in [1.54, 1.807) is 0 Å². The number of rotatable bonds is 2. The Kier molecular flexibility index (Phi) is 3.33. The number of halogens is 3. The summed E-state index contributed by atoms with van der Waals surface area (Å²) in [4.78, 5) is 0. The first kappa shape index (κ1) is 13.0. The summed E-state index contributed by atoms with van der Waals surface area (Å²) >= 11 is 0. The highest BCUT2D eigenvalue weighted by Crippen LogP contribution is 2.34. The molecule has 0 saturated carbocycles. The van der Waals surface area contributed by atoms with Crippen LogP contribution in [-0.2, 0) is 5.54 Å². The van der Waals surface area contributed by atoms with Crippen LogP contribution in [0.5, 0.6) is 0 Å². The van der Waals surface area contributed by atoms with Crippen LogP contribution in [0.2, 0.25) is 0 Å². The molecule has 1 aromatic heterocycles. The van der Waals surface area contributed by atoms with Gasteiger partial charge in [0, 0.05) is 18.3 Å². The van der Waals surface area contributed by atoms with E-state index in [1.807, 2.05) is 20.8 Å². The Balaban J connectivity index is 3.01. The highest BCUT2D eigenvalue weighted by molar-refractivity contribution is 5.15. The smallest absolute Gasteiger partial charge is 0.330 e. The molecule has 0 aromatic carbocycles. The fourth-order valence-corrected chi connectivity index (χ4v) is 1.34. The van der Waals surface area contributed by atoms with Gasteiger partial charge in [-0.15, -0.1) is 0 Å². The van der Waals surface area contributed by atoms with E-state index in [4.69, 9.17) is 5.73 Å². The van der Waals surface area contributed by atoms with E-state index in [0.29, 0.717) is 0 Å². The molecule has 6 heteroatoms. The largest absolute Gasteiger partial charge is 0.397 e. The van der Waals surface area contributed by atoms with Crippen LogP contribution in [0.25, 0.3) is 0 Å². The molecule has 2 N–H and O–H groups in total.